The Hall–Kier alpha value is -1.57. The van der Waals surface area contributed by atoms with E-state index in [1.165, 1.54) is 0 Å². The third-order valence-corrected chi connectivity index (χ3v) is 1.67. The summed E-state index contributed by atoms with van der Waals surface area (Å²) in [6.45, 7) is 0.424. The largest absolute Gasteiger partial charge is 0.392 e. The molecule has 1 aromatic heterocycles. The summed E-state index contributed by atoms with van der Waals surface area (Å²) in [6, 6.07) is 1.73. The minimum absolute atomic E-state index is 0.120. The van der Waals surface area contributed by atoms with Crippen LogP contribution in [-0.4, -0.2) is 16.6 Å². The summed E-state index contributed by atoms with van der Waals surface area (Å²) in [6.07, 6.45) is 2.23. The van der Waals surface area contributed by atoms with E-state index in [9.17, 15) is 0 Å². The zero-order chi connectivity index (χ0) is 10.4. The Morgan fingerprint density at radius 1 is 1.50 bits per heavy atom. The highest BCUT2D eigenvalue weighted by Crippen LogP contribution is 2.09. The van der Waals surface area contributed by atoms with Crippen molar-refractivity contribution in [1.82, 2.24) is 4.98 Å². The smallest absolute Gasteiger partial charge is 0.128 e. The Labute approximate surface area is 82.9 Å². The van der Waals surface area contributed by atoms with Gasteiger partial charge in [0, 0.05) is 30.3 Å². The van der Waals surface area contributed by atoms with E-state index < -0.39 is 0 Å². The molecule has 0 aliphatic heterocycles. The number of aliphatic hydroxyl groups is 1. The van der Waals surface area contributed by atoms with E-state index in [1.54, 1.807) is 12.3 Å². The fourth-order valence-corrected chi connectivity index (χ4v) is 0.953. The molecule has 0 atom stereocenters. The van der Waals surface area contributed by atoms with Crippen LogP contribution in [0.15, 0.2) is 12.3 Å². The number of pyridine rings is 1. The predicted molar refractivity (Wildman–Crippen MR) is 55.1 cm³/mol. The number of hydrogen-bond acceptors (Lipinski definition) is 4. The van der Waals surface area contributed by atoms with Gasteiger partial charge in [0.05, 0.1) is 6.61 Å². The summed E-state index contributed by atoms with van der Waals surface area (Å²) in [5.74, 6) is 6.12. The van der Waals surface area contributed by atoms with Crippen molar-refractivity contribution >= 4 is 5.82 Å². The minimum Gasteiger partial charge on any atom is -0.392 e. The van der Waals surface area contributed by atoms with E-state index in [4.69, 9.17) is 16.6 Å². The van der Waals surface area contributed by atoms with Gasteiger partial charge in [-0.1, -0.05) is 11.8 Å². The molecule has 4 nitrogen and oxygen atoms in total. The van der Waals surface area contributed by atoms with E-state index in [1.807, 2.05) is 0 Å². The molecular weight excluding hydrogens is 178 g/mol. The fraction of sp³-hybridized carbons (Fsp3) is 0.300. The quantitative estimate of drug-likeness (QED) is 0.568. The number of aliphatic hydroxyl groups excluding tert-OH is 1. The Balaban J connectivity index is 2.86. The van der Waals surface area contributed by atoms with Gasteiger partial charge < -0.3 is 16.6 Å². The topological polar surface area (TPSA) is 85.2 Å². The highest BCUT2D eigenvalue weighted by molar-refractivity contribution is 5.45. The standard InChI is InChI=1S/C10H13N3O/c11-4-2-1-3-8-5-9(7-14)10(12)13-6-8/h5-6,14H,2,4,7,11H2,(H2,12,13). The second-order valence-corrected chi connectivity index (χ2v) is 2.77. The highest BCUT2D eigenvalue weighted by Gasteiger charge is 1.98. The fourth-order valence-electron chi connectivity index (χ4n) is 0.953. The summed E-state index contributed by atoms with van der Waals surface area (Å²) in [4.78, 5) is 3.91. The molecule has 0 bridgehead atoms. The molecule has 1 aromatic rings. The molecular formula is C10H13N3O. The van der Waals surface area contributed by atoms with Crippen LogP contribution in [-0.2, 0) is 6.61 Å². The van der Waals surface area contributed by atoms with Crippen LogP contribution < -0.4 is 11.5 Å². The van der Waals surface area contributed by atoms with Gasteiger partial charge in [-0.15, -0.1) is 0 Å². The zero-order valence-electron chi connectivity index (χ0n) is 7.83. The Kier molecular flexibility index (Phi) is 3.92. The monoisotopic (exact) mass is 191 g/mol. The molecule has 0 fully saturated rings. The number of hydrogen-bond donors (Lipinski definition) is 3. The van der Waals surface area contributed by atoms with E-state index >= 15 is 0 Å². The van der Waals surface area contributed by atoms with Gasteiger partial charge >= 0.3 is 0 Å². The van der Waals surface area contributed by atoms with E-state index in [0.717, 1.165) is 5.56 Å². The molecule has 4 heteroatoms. The average Bonchev–Trinajstić information content (AvgIpc) is 2.21. The molecule has 0 saturated carbocycles. The first-order chi connectivity index (χ1) is 6.77. The third kappa shape index (κ3) is 2.73. The number of nitrogen functional groups attached to an aromatic ring is 1. The van der Waals surface area contributed by atoms with Crippen molar-refractivity contribution in [2.75, 3.05) is 12.3 Å². The van der Waals surface area contributed by atoms with E-state index in [0.29, 0.717) is 24.3 Å². The van der Waals surface area contributed by atoms with Crippen LogP contribution >= 0.6 is 0 Å². The van der Waals surface area contributed by atoms with Crippen LogP contribution in [0.1, 0.15) is 17.5 Å². The Morgan fingerprint density at radius 3 is 2.93 bits per heavy atom. The lowest BCUT2D eigenvalue weighted by atomic mass is 10.2. The van der Waals surface area contributed by atoms with Crippen molar-refractivity contribution < 1.29 is 5.11 Å². The molecule has 0 aliphatic rings. The molecule has 0 radical (unpaired) electrons. The third-order valence-electron chi connectivity index (χ3n) is 1.67. The number of nitrogens with zero attached hydrogens (tertiary/aromatic N) is 1. The van der Waals surface area contributed by atoms with Crippen molar-refractivity contribution in [3.63, 3.8) is 0 Å². The molecule has 74 valence electrons. The lowest BCUT2D eigenvalue weighted by Gasteiger charge is -2.00. The number of nitrogens with two attached hydrogens (primary N) is 2. The van der Waals surface area contributed by atoms with Gasteiger partial charge in [-0.05, 0) is 6.07 Å². The summed E-state index contributed by atoms with van der Waals surface area (Å²) in [5.41, 5.74) is 12.2. The van der Waals surface area contributed by atoms with E-state index in [-0.39, 0.29) is 6.61 Å². The molecule has 1 rings (SSSR count). The van der Waals surface area contributed by atoms with Gasteiger partial charge in [-0.2, -0.15) is 0 Å². The maximum absolute atomic E-state index is 8.93. The van der Waals surface area contributed by atoms with Crippen LogP contribution in [0.3, 0.4) is 0 Å². The lowest BCUT2D eigenvalue weighted by Crippen LogP contribution is -1.98. The maximum atomic E-state index is 8.93. The van der Waals surface area contributed by atoms with E-state index in [2.05, 4.69) is 16.8 Å². The average molecular weight is 191 g/mol. The summed E-state index contributed by atoms with van der Waals surface area (Å²) in [5, 5.41) is 8.93. The zero-order valence-corrected chi connectivity index (χ0v) is 7.83. The lowest BCUT2D eigenvalue weighted by molar-refractivity contribution is 0.282. The van der Waals surface area contributed by atoms with Crippen molar-refractivity contribution in [2.24, 2.45) is 5.73 Å². The highest BCUT2D eigenvalue weighted by atomic mass is 16.3. The van der Waals surface area contributed by atoms with Crippen molar-refractivity contribution in [3.8, 4) is 11.8 Å². The van der Waals surface area contributed by atoms with Crippen LogP contribution in [0.4, 0.5) is 5.82 Å². The van der Waals surface area contributed by atoms with Gasteiger partial charge in [-0.25, -0.2) is 4.98 Å². The van der Waals surface area contributed by atoms with Gasteiger partial charge in [0.25, 0.3) is 0 Å². The van der Waals surface area contributed by atoms with Crippen molar-refractivity contribution in [2.45, 2.75) is 13.0 Å². The molecule has 0 unspecified atom stereocenters. The van der Waals surface area contributed by atoms with Crippen LogP contribution in [0.2, 0.25) is 0 Å². The molecule has 0 saturated heterocycles. The maximum Gasteiger partial charge on any atom is 0.128 e. The van der Waals surface area contributed by atoms with Gasteiger partial charge in [0.15, 0.2) is 0 Å². The second-order valence-electron chi connectivity index (χ2n) is 2.77. The summed E-state index contributed by atoms with van der Waals surface area (Å²) in [7, 11) is 0. The van der Waals surface area contributed by atoms with Gasteiger partial charge in [0.2, 0.25) is 0 Å². The first-order valence-electron chi connectivity index (χ1n) is 4.32. The second kappa shape index (κ2) is 5.22. The summed E-state index contributed by atoms with van der Waals surface area (Å²) < 4.78 is 0. The minimum atomic E-state index is -0.120. The van der Waals surface area contributed by atoms with Crippen LogP contribution in [0, 0.1) is 11.8 Å². The number of anilines is 1. The first-order valence-corrected chi connectivity index (χ1v) is 4.32. The predicted octanol–water partition coefficient (Wildman–Crippen LogP) is -0.144. The first kappa shape index (κ1) is 10.5. The molecule has 0 aliphatic carbocycles. The number of rotatable bonds is 2. The van der Waals surface area contributed by atoms with Crippen molar-refractivity contribution in [1.29, 1.82) is 0 Å². The Morgan fingerprint density at radius 2 is 2.29 bits per heavy atom. The normalized spacial score (nSPS) is 9.29. The molecule has 0 spiro atoms. The van der Waals surface area contributed by atoms with Gasteiger partial charge in [0.1, 0.15) is 5.82 Å². The SMILES string of the molecule is NCCC#Cc1cnc(N)c(CO)c1. The Bertz CT molecular complexity index is 365. The molecule has 5 N–H and O–H groups in total. The molecule has 0 aromatic carbocycles. The van der Waals surface area contributed by atoms with Crippen LogP contribution in [0.25, 0.3) is 0 Å². The number of aromatic nitrogens is 1. The molecule has 0 amide bonds. The van der Waals surface area contributed by atoms with Crippen molar-refractivity contribution in [3.05, 3.63) is 23.4 Å². The van der Waals surface area contributed by atoms with Gasteiger partial charge in [-0.3, -0.25) is 0 Å². The molecule has 14 heavy (non-hydrogen) atoms. The van der Waals surface area contributed by atoms with Crippen LogP contribution in [0.5, 0.6) is 0 Å². The summed E-state index contributed by atoms with van der Waals surface area (Å²) >= 11 is 0. The molecule has 1 heterocycles.